The molecule has 0 saturated carbocycles. The minimum atomic E-state index is -0.561. The van der Waals surface area contributed by atoms with E-state index in [1.165, 1.54) is 24.3 Å². The molecule has 0 bridgehead atoms. The van der Waals surface area contributed by atoms with Gasteiger partial charge in [-0.2, -0.15) is 0 Å². The van der Waals surface area contributed by atoms with Gasteiger partial charge in [-0.1, -0.05) is 42.5 Å². The van der Waals surface area contributed by atoms with Crippen LogP contribution in [0.4, 0.5) is 11.4 Å². The van der Waals surface area contributed by atoms with Crippen molar-refractivity contribution in [1.29, 1.82) is 0 Å². The fourth-order valence-corrected chi connectivity index (χ4v) is 2.71. The van der Waals surface area contributed by atoms with Crippen LogP contribution in [-0.2, 0) is 6.61 Å². The van der Waals surface area contributed by atoms with Gasteiger partial charge >= 0.3 is 0 Å². The van der Waals surface area contributed by atoms with Crippen LogP contribution in [0.3, 0.4) is 0 Å². The number of benzene rings is 3. The molecular weight excluding hydrogens is 390 g/mol. The van der Waals surface area contributed by atoms with E-state index in [1.807, 2.05) is 36.4 Å². The summed E-state index contributed by atoms with van der Waals surface area (Å²) in [6.45, 7) is 0.429. The summed E-state index contributed by atoms with van der Waals surface area (Å²) in [4.78, 5) is 22.5. The molecule has 3 rings (SSSR count). The number of nitrogens with one attached hydrogen (secondary N) is 2. The van der Waals surface area contributed by atoms with Gasteiger partial charge in [0, 0.05) is 29.4 Å². The van der Waals surface area contributed by atoms with Crippen LogP contribution in [0.15, 0.2) is 78.9 Å². The van der Waals surface area contributed by atoms with Crippen molar-refractivity contribution in [2.75, 3.05) is 5.32 Å². The molecule has 0 radical (unpaired) electrons. The third-order valence-corrected chi connectivity index (χ3v) is 4.09. The number of carbonyl (C=O) groups is 1. The molecule has 7 nitrogen and oxygen atoms in total. The van der Waals surface area contributed by atoms with Crippen LogP contribution in [-0.4, -0.2) is 15.9 Å². The van der Waals surface area contributed by atoms with Crippen molar-refractivity contribution in [3.8, 4) is 5.75 Å². The van der Waals surface area contributed by atoms with Crippen molar-refractivity contribution < 1.29 is 14.5 Å². The molecule has 3 aromatic rings. The number of thiocarbonyl (C=S) groups is 1. The van der Waals surface area contributed by atoms with E-state index in [0.717, 1.165) is 5.56 Å². The third kappa shape index (κ3) is 5.85. The zero-order chi connectivity index (χ0) is 20.6. The Balaban J connectivity index is 1.58. The fraction of sp³-hybridized carbons (Fsp3) is 0.0476. The predicted molar refractivity (Wildman–Crippen MR) is 114 cm³/mol. The summed E-state index contributed by atoms with van der Waals surface area (Å²) in [7, 11) is 0. The summed E-state index contributed by atoms with van der Waals surface area (Å²) in [5.41, 5.74) is 1.66. The van der Waals surface area contributed by atoms with Crippen LogP contribution in [0.2, 0.25) is 0 Å². The van der Waals surface area contributed by atoms with Gasteiger partial charge < -0.3 is 10.1 Å². The lowest BCUT2D eigenvalue weighted by atomic mass is 10.2. The van der Waals surface area contributed by atoms with Crippen molar-refractivity contribution in [3.05, 3.63) is 100 Å². The number of carbonyl (C=O) groups excluding carboxylic acids is 1. The zero-order valence-electron chi connectivity index (χ0n) is 15.2. The van der Waals surface area contributed by atoms with Crippen LogP contribution >= 0.6 is 12.2 Å². The van der Waals surface area contributed by atoms with Gasteiger partial charge in [0.25, 0.3) is 11.6 Å². The molecular formula is C21H17N3O4S. The van der Waals surface area contributed by atoms with Gasteiger partial charge in [-0.25, -0.2) is 0 Å². The number of amides is 1. The van der Waals surface area contributed by atoms with Crippen LogP contribution in [0.1, 0.15) is 15.9 Å². The molecule has 146 valence electrons. The van der Waals surface area contributed by atoms with E-state index in [0.29, 0.717) is 18.0 Å². The van der Waals surface area contributed by atoms with Gasteiger partial charge in [-0.15, -0.1) is 0 Å². The molecule has 29 heavy (non-hydrogen) atoms. The monoisotopic (exact) mass is 407 g/mol. The Morgan fingerprint density at radius 1 is 1.00 bits per heavy atom. The number of nitro benzene ring substituents is 1. The molecule has 3 aromatic carbocycles. The second-order valence-corrected chi connectivity index (χ2v) is 6.43. The number of anilines is 1. The summed E-state index contributed by atoms with van der Waals surface area (Å²) < 4.78 is 5.77. The first kappa shape index (κ1) is 20.0. The predicted octanol–water partition coefficient (Wildman–Crippen LogP) is 4.30. The SMILES string of the molecule is O=C(NC(=S)Nc1cccc(OCc2ccccc2)c1)c1cccc([N+](=O)[O-])c1. The van der Waals surface area contributed by atoms with Gasteiger partial charge in [-0.3, -0.25) is 20.2 Å². The van der Waals surface area contributed by atoms with Crippen LogP contribution in [0, 0.1) is 10.1 Å². The van der Waals surface area contributed by atoms with Gasteiger partial charge in [0.05, 0.1) is 4.92 Å². The molecule has 1 amide bonds. The maximum Gasteiger partial charge on any atom is 0.270 e. The minimum Gasteiger partial charge on any atom is -0.489 e. The summed E-state index contributed by atoms with van der Waals surface area (Å²) in [6.07, 6.45) is 0. The molecule has 0 unspecified atom stereocenters. The summed E-state index contributed by atoms with van der Waals surface area (Å²) in [6, 6.07) is 22.4. The quantitative estimate of drug-likeness (QED) is 0.359. The number of nitro groups is 1. The molecule has 0 saturated heterocycles. The lowest BCUT2D eigenvalue weighted by Gasteiger charge is -2.11. The average Bonchev–Trinajstić information content (AvgIpc) is 2.73. The lowest BCUT2D eigenvalue weighted by molar-refractivity contribution is -0.384. The van der Waals surface area contributed by atoms with Gasteiger partial charge in [0.2, 0.25) is 0 Å². The molecule has 0 heterocycles. The second-order valence-electron chi connectivity index (χ2n) is 6.02. The number of rotatable bonds is 6. The highest BCUT2D eigenvalue weighted by Crippen LogP contribution is 2.19. The molecule has 0 aromatic heterocycles. The first-order chi connectivity index (χ1) is 14.0. The van der Waals surface area contributed by atoms with Crippen molar-refractivity contribution >= 4 is 34.6 Å². The third-order valence-electron chi connectivity index (χ3n) is 3.89. The smallest absolute Gasteiger partial charge is 0.270 e. The highest BCUT2D eigenvalue weighted by atomic mass is 32.1. The molecule has 0 fully saturated rings. The van der Waals surface area contributed by atoms with E-state index in [9.17, 15) is 14.9 Å². The Kier molecular flexibility index (Phi) is 6.49. The topological polar surface area (TPSA) is 93.5 Å². The van der Waals surface area contributed by atoms with E-state index < -0.39 is 10.8 Å². The molecule has 0 aliphatic carbocycles. The highest BCUT2D eigenvalue weighted by Gasteiger charge is 2.12. The number of hydrogen-bond acceptors (Lipinski definition) is 5. The minimum absolute atomic E-state index is 0.0710. The lowest BCUT2D eigenvalue weighted by Crippen LogP contribution is -2.34. The maximum absolute atomic E-state index is 12.3. The van der Waals surface area contributed by atoms with Crippen molar-refractivity contribution in [2.24, 2.45) is 0 Å². The van der Waals surface area contributed by atoms with Crippen LogP contribution < -0.4 is 15.4 Å². The van der Waals surface area contributed by atoms with Gasteiger partial charge in [-0.05, 0) is 36.0 Å². The van der Waals surface area contributed by atoms with Crippen molar-refractivity contribution in [1.82, 2.24) is 5.32 Å². The maximum atomic E-state index is 12.3. The normalized spacial score (nSPS) is 10.1. The molecule has 0 atom stereocenters. The molecule has 0 spiro atoms. The number of hydrogen-bond donors (Lipinski definition) is 2. The van der Waals surface area contributed by atoms with Crippen LogP contribution in [0.5, 0.6) is 5.75 Å². The largest absolute Gasteiger partial charge is 0.489 e. The number of non-ortho nitro benzene ring substituents is 1. The Morgan fingerprint density at radius 3 is 2.52 bits per heavy atom. The average molecular weight is 407 g/mol. The van der Waals surface area contributed by atoms with E-state index >= 15 is 0 Å². The molecule has 0 aliphatic rings. The highest BCUT2D eigenvalue weighted by molar-refractivity contribution is 7.80. The first-order valence-corrected chi connectivity index (χ1v) is 9.06. The number of ether oxygens (including phenoxy) is 1. The Labute approximate surface area is 172 Å². The zero-order valence-corrected chi connectivity index (χ0v) is 16.0. The number of nitrogens with zero attached hydrogens (tertiary/aromatic N) is 1. The van der Waals surface area contributed by atoms with Gasteiger partial charge in [0.15, 0.2) is 5.11 Å². The van der Waals surface area contributed by atoms with Crippen LogP contribution in [0.25, 0.3) is 0 Å². The molecule has 2 N–H and O–H groups in total. The first-order valence-electron chi connectivity index (χ1n) is 8.65. The molecule has 8 heteroatoms. The van der Waals surface area contributed by atoms with E-state index in [1.54, 1.807) is 18.2 Å². The van der Waals surface area contributed by atoms with E-state index in [4.69, 9.17) is 17.0 Å². The van der Waals surface area contributed by atoms with Crippen molar-refractivity contribution in [3.63, 3.8) is 0 Å². The standard InChI is InChI=1S/C21H17N3O4S/c25-20(16-8-4-10-18(12-16)24(26)27)23-21(29)22-17-9-5-11-19(13-17)28-14-15-6-2-1-3-7-15/h1-13H,14H2,(H2,22,23,25,29). The van der Waals surface area contributed by atoms with E-state index in [2.05, 4.69) is 10.6 Å². The summed E-state index contributed by atoms with van der Waals surface area (Å²) >= 11 is 5.16. The Bertz CT molecular complexity index is 1040. The molecule has 0 aliphatic heterocycles. The van der Waals surface area contributed by atoms with Gasteiger partial charge in [0.1, 0.15) is 12.4 Å². The van der Waals surface area contributed by atoms with E-state index in [-0.39, 0.29) is 16.4 Å². The second kappa shape index (κ2) is 9.43. The summed E-state index contributed by atoms with van der Waals surface area (Å²) in [5, 5.41) is 16.3. The Hall–Kier alpha value is -3.78. The Morgan fingerprint density at radius 2 is 1.76 bits per heavy atom. The summed E-state index contributed by atoms with van der Waals surface area (Å²) in [5.74, 6) is 0.106. The fourth-order valence-electron chi connectivity index (χ4n) is 2.50. The van der Waals surface area contributed by atoms with Crippen molar-refractivity contribution in [2.45, 2.75) is 6.61 Å².